The third-order valence-corrected chi connectivity index (χ3v) is 3.18. The molecular weight excluding hydrogens is 232 g/mol. The van der Waals surface area contributed by atoms with Gasteiger partial charge in [-0.2, -0.15) is 0 Å². The molecule has 1 aromatic rings. The number of nitrogens with zero attached hydrogens (tertiary/aromatic N) is 2. The summed E-state index contributed by atoms with van der Waals surface area (Å²) in [4.78, 5) is 17.4. The van der Waals surface area contributed by atoms with Gasteiger partial charge in [-0.3, -0.25) is 0 Å². The first-order valence-electron chi connectivity index (χ1n) is 6.07. The van der Waals surface area contributed by atoms with Gasteiger partial charge in [0.05, 0.1) is 24.3 Å². The number of pyridine rings is 1. The van der Waals surface area contributed by atoms with Crippen LogP contribution in [0.4, 0.5) is 5.82 Å². The van der Waals surface area contributed by atoms with Crippen LogP contribution in [0.15, 0.2) is 12.3 Å². The molecule has 0 saturated carbocycles. The monoisotopic (exact) mass is 250 g/mol. The summed E-state index contributed by atoms with van der Waals surface area (Å²) in [5.74, 6) is -0.0943. The van der Waals surface area contributed by atoms with E-state index in [0.29, 0.717) is 6.61 Å². The van der Waals surface area contributed by atoms with E-state index in [1.165, 1.54) is 6.20 Å². The van der Waals surface area contributed by atoms with Crippen LogP contribution >= 0.6 is 0 Å². The highest BCUT2D eigenvalue weighted by Crippen LogP contribution is 2.23. The van der Waals surface area contributed by atoms with Crippen LogP contribution in [-0.4, -0.2) is 41.4 Å². The van der Waals surface area contributed by atoms with E-state index in [1.54, 1.807) is 6.07 Å². The van der Waals surface area contributed by atoms with E-state index in [4.69, 9.17) is 9.84 Å². The Morgan fingerprint density at radius 1 is 1.56 bits per heavy atom. The summed E-state index contributed by atoms with van der Waals surface area (Å²) >= 11 is 0. The third kappa shape index (κ3) is 2.46. The quantitative estimate of drug-likeness (QED) is 0.865. The van der Waals surface area contributed by atoms with Gasteiger partial charge in [0.25, 0.3) is 0 Å². The second-order valence-corrected chi connectivity index (χ2v) is 4.81. The molecule has 1 aliphatic rings. The number of ether oxygens (including phenoxy) is 1. The Hall–Kier alpha value is -1.62. The minimum absolute atomic E-state index is 0.168. The Balaban J connectivity index is 2.30. The molecule has 2 atom stereocenters. The molecule has 2 heterocycles. The standard InChI is InChI=1S/C13H18N2O3/c1-8-4-11(13(16)17)5-14-12(8)15-6-10(3)18-7-9(15)2/h4-5,9-10H,6-7H2,1-3H3,(H,16,17). The molecule has 1 aromatic heterocycles. The maximum atomic E-state index is 10.9. The van der Waals surface area contributed by atoms with Crippen molar-refractivity contribution in [3.05, 3.63) is 23.4 Å². The number of aryl methyl sites for hydroxylation is 1. The smallest absolute Gasteiger partial charge is 0.337 e. The number of rotatable bonds is 2. The average Bonchev–Trinajstić information content (AvgIpc) is 2.32. The molecule has 1 fully saturated rings. The van der Waals surface area contributed by atoms with Gasteiger partial charge in [0.1, 0.15) is 5.82 Å². The number of anilines is 1. The van der Waals surface area contributed by atoms with Crippen molar-refractivity contribution in [2.75, 3.05) is 18.1 Å². The molecule has 2 unspecified atom stereocenters. The Labute approximate surface area is 106 Å². The number of aromatic nitrogens is 1. The molecule has 0 spiro atoms. The summed E-state index contributed by atoms with van der Waals surface area (Å²) in [5, 5.41) is 8.93. The minimum atomic E-state index is -0.944. The van der Waals surface area contributed by atoms with E-state index in [2.05, 4.69) is 16.8 Å². The molecule has 0 aliphatic carbocycles. The molecule has 1 N–H and O–H groups in total. The third-order valence-electron chi connectivity index (χ3n) is 3.18. The molecule has 1 aliphatic heterocycles. The number of hydrogen-bond donors (Lipinski definition) is 1. The molecule has 0 radical (unpaired) electrons. The lowest BCUT2D eigenvalue weighted by molar-refractivity contribution is 0.0340. The predicted octanol–water partition coefficient (Wildman–Crippen LogP) is 1.70. The van der Waals surface area contributed by atoms with Crippen LogP contribution in [0.25, 0.3) is 0 Å². The van der Waals surface area contributed by atoms with Gasteiger partial charge >= 0.3 is 5.97 Å². The number of hydrogen-bond acceptors (Lipinski definition) is 4. The number of carbonyl (C=O) groups is 1. The summed E-state index contributed by atoms with van der Waals surface area (Å²) < 4.78 is 5.58. The Morgan fingerprint density at radius 3 is 2.89 bits per heavy atom. The lowest BCUT2D eigenvalue weighted by Gasteiger charge is -2.38. The Kier molecular flexibility index (Phi) is 3.52. The van der Waals surface area contributed by atoms with Crippen LogP contribution in [-0.2, 0) is 4.74 Å². The van der Waals surface area contributed by atoms with Crippen LogP contribution in [0.5, 0.6) is 0 Å². The molecule has 0 aromatic carbocycles. The van der Waals surface area contributed by atoms with Gasteiger partial charge in [0.15, 0.2) is 0 Å². The molecule has 5 heteroatoms. The fourth-order valence-electron chi connectivity index (χ4n) is 2.18. The van der Waals surface area contributed by atoms with Crippen molar-refractivity contribution in [1.29, 1.82) is 0 Å². The maximum Gasteiger partial charge on any atom is 0.337 e. The van der Waals surface area contributed by atoms with Crippen LogP contribution in [0.3, 0.4) is 0 Å². The van der Waals surface area contributed by atoms with Crippen molar-refractivity contribution in [2.24, 2.45) is 0 Å². The maximum absolute atomic E-state index is 10.9. The fraction of sp³-hybridized carbons (Fsp3) is 0.538. The van der Waals surface area contributed by atoms with Gasteiger partial charge in [0, 0.05) is 12.7 Å². The first kappa shape index (κ1) is 12.8. The zero-order valence-corrected chi connectivity index (χ0v) is 10.9. The molecule has 0 amide bonds. The van der Waals surface area contributed by atoms with Gasteiger partial charge in [0.2, 0.25) is 0 Å². The highest BCUT2D eigenvalue weighted by Gasteiger charge is 2.25. The van der Waals surface area contributed by atoms with Crippen molar-refractivity contribution < 1.29 is 14.6 Å². The summed E-state index contributed by atoms with van der Waals surface area (Å²) in [6.07, 6.45) is 1.58. The first-order chi connectivity index (χ1) is 8.49. The van der Waals surface area contributed by atoms with E-state index in [1.807, 2.05) is 13.8 Å². The molecule has 5 nitrogen and oxygen atoms in total. The van der Waals surface area contributed by atoms with E-state index in [9.17, 15) is 4.79 Å². The van der Waals surface area contributed by atoms with Crippen LogP contribution in [0.2, 0.25) is 0 Å². The van der Waals surface area contributed by atoms with Crippen LogP contribution in [0, 0.1) is 6.92 Å². The predicted molar refractivity (Wildman–Crippen MR) is 68.2 cm³/mol. The zero-order valence-electron chi connectivity index (χ0n) is 10.9. The topological polar surface area (TPSA) is 62.7 Å². The summed E-state index contributed by atoms with van der Waals surface area (Å²) in [6, 6.07) is 1.92. The first-order valence-corrected chi connectivity index (χ1v) is 6.07. The lowest BCUT2D eigenvalue weighted by Crippen LogP contribution is -2.48. The SMILES string of the molecule is Cc1cc(C(=O)O)cnc1N1CC(C)OCC1C. The van der Waals surface area contributed by atoms with Gasteiger partial charge in [-0.1, -0.05) is 0 Å². The number of aromatic carboxylic acids is 1. The summed E-state index contributed by atoms with van der Waals surface area (Å²) in [6.45, 7) is 7.45. The second kappa shape index (κ2) is 4.94. The van der Waals surface area contributed by atoms with Crippen LogP contribution < -0.4 is 4.90 Å². The van der Waals surface area contributed by atoms with E-state index in [0.717, 1.165) is 17.9 Å². The van der Waals surface area contributed by atoms with Crippen molar-refractivity contribution in [3.8, 4) is 0 Å². The molecule has 18 heavy (non-hydrogen) atoms. The lowest BCUT2D eigenvalue weighted by atomic mass is 10.1. The summed E-state index contributed by atoms with van der Waals surface area (Å²) in [5.41, 5.74) is 1.11. The van der Waals surface area contributed by atoms with Crippen molar-refractivity contribution in [2.45, 2.75) is 32.9 Å². The fourth-order valence-corrected chi connectivity index (χ4v) is 2.18. The van der Waals surface area contributed by atoms with Gasteiger partial charge in [-0.05, 0) is 32.4 Å². The second-order valence-electron chi connectivity index (χ2n) is 4.81. The number of morpholine rings is 1. The average molecular weight is 250 g/mol. The molecule has 2 rings (SSSR count). The molecular formula is C13H18N2O3. The van der Waals surface area contributed by atoms with Crippen molar-refractivity contribution in [1.82, 2.24) is 4.98 Å². The van der Waals surface area contributed by atoms with Gasteiger partial charge in [-0.25, -0.2) is 9.78 Å². The van der Waals surface area contributed by atoms with Crippen molar-refractivity contribution >= 4 is 11.8 Å². The number of carboxylic acid groups (broad SMARTS) is 1. The normalized spacial score (nSPS) is 24.1. The molecule has 1 saturated heterocycles. The Bertz CT molecular complexity index is 462. The van der Waals surface area contributed by atoms with Crippen molar-refractivity contribution in [3.63, 3.8) is 0 Å². The Morgan fingerprint density at radius 2 is 2.28 bits per heavy atom. The highest BCUT2D eigenvalue weighted by atomic mass is 16.5. The minimum Gasteiger partial charge on any atom is -0.478 e. The molecule has 0 bridgehead atoms. The summed E-state index contributed by atoms with van der Waals surface area (Å²) in [7, 11) is 0. The largest absolute Gasteiger partial charge is 0.478 e. The highest BCUT2D eigenvalue weighted by molar-refractivity contribution is 5.87. The van der Waals surface area contributed by atoms with Gasteiger partial charge in [-0.15, -0.1) is 0 Å². The van der Waals surface area contributed by atoms with Gasteiger partial charge < -0.3 is 14.7 Å². The zero-order chi connectivity index (χ0) is 13.3. The van der Waals surface area contributed by atoms with E-state index in [-0.39, 0.29) is 17.7 Å². The molecule has 98 valence electrons. The van der Waals surface area contributed by atoms with E-state index >= 15 is 0 Å². The van der Waals surface area contributed by atoms with E-state index < -0.39 is 5.97 Å². The van der Waals surface area contributed by atoms with Crippen LogP contribution in [0.1, 0.15) is 29.8 Å². The number of carboxylic acids is 1.